The van der Waals surface area contributed by atoms with Crippen molar-refractivity contribution in [1.29, 1.82) is 0 Å². The summed E-state index contributed by atoms with van der Waals surface area (Å²) in [7, 11) is 0. The van der Waals surface area contributed by atoms with Crippen LogP contribution in [0, 0.1) is 13.8 Å². The molecule has 0 aliphatic rings. The smallest absolute Gasteiger partial charge is 0.269 e. The fourth-order valence-electron chi connectivity index (χ4n) is 3.25. The van der Waals surface area contributed by atoms with Gasteiger partial charge in [0.15, 0.2) is 11.0 Å². The molecule has 0 saturated carbocycles. The molecule has 0 bridgehead atoms. The van der Waals surface area contributed by atoms with Crippen LogP contribution in [0.1, 0.15) is 27.3 Å². The summed E-state index contributed by atoms with van der Waals surface area (Å²) in [6.45, 7) is 4.15. The Morgan fingerprint density at radius 2 is 1.66 bits per heavy atom. The highest BCUT2D eigenvalue weighted by molar-refractivity contribution is 7.99. The number of carbonyl (C=O) groups is 2. The number of hydrazine groups is 1. The van der Waals surface area contributed by atoms with Gasteiger partial charge in [0.05, 0.1) is 5.75 Å². The average molecular weight is 488 g/mol. The molecule has 8 nitrogen and oxygen atoms in total. The summed E-state index contributed by atoms with van der Waals surface area (Å²) in [6.07, 6.45) is 0. The maximum Gasteiger partial charge on any atom is 0.269 e. The molecule has 4 aromatic rings. The number of aryl methyl sites for hydroxylation is 2. The first-order valence-corrected chi connectivity index (χ1v) is 12.0. The zero-order valence-electron chi connectivity index (χ0n) is 19.4. The van der Waals surface area contributed by atoms with E-state index in [9.17, 15) is 9.59 Å². The standard InChI is InChI=1S/C26H25N5O3S/c1-18-11-13-20(14-12-18)25(33)29-28-24(32)17-35-26-30-27-23(31(26)21-8-4-3-5-9-21)16-34-22-10-6-7-19(2)15-22/h3-15H,16-17H2,1-2H3,(H,28,32)(H,29,33). The third-order valence-corrected chi connectivity index (χ3v) is 5.96. The third-order valence-electron chi connectivity index (χ3n) is 5.03. The number of rotatable bonds is 8. The number of hydrogen-bond donors (Lipinski definition) is 2. The number of thioether (sulfide) groups is 1. The first-order chi connectivity index (χ1) is 17.0. The van der Waals surface area contributed by atoms with Crippen LogP contribution in [0.3, 0.4) is 0 Å². The average Bonchev–Trinajstić information content (AvgIpc) is 3.28. The van der Waals surface area contributed by atoms with Gasteiger partial charge in [-0.15, -0.1) is 10.2 Å². The Kier molecular flexibility index (Phi) is 7.79. The largest absolute Gasteiger partial charge is 0.486 e. The molecular formula is C26H25N5O3S. The van der Waals surface area contributed by atoms with Crippen molar-refractivity contribution in [2.75, 3.05) is 5.75 Å². The van der Waals surface area contributed by atoms with E-state index in [1.54, 1.807) is 12.1 Å². The van der Waals surface area contributed by atoms with Crippen LogP contribution in [-0.4, -0.2) is 32.3 Å². The third kappa shape index (κ3) is 6.48. The summed E-state index contributed by atoms with van der Waals surface area (Å²) < 4.78 is 7.79. The summed E-state index contributed by atoms with van der Waals surface area (Å²) in [5, 5.41) is 9.11. The molecule has 4 rings (SSSR count). The van der Waals surface area contributed by atoms with Crippen molar-refractivity contribution in [3.63, 3.8) is 0 Å². The Bertz CT molecular complexity index is 1310. The first kappa shape index (κ1) is 24.0. The Labute approximate surface area is 207 Å². The van der Waals surface area contributed by atoms with E-state index in [0.29, 0.717) is 16.5 Å². The first-order valence-electron chi connectivity index (χ1n) is 11.0. The fraction of sp³-hybridized carbons (Fsp3) is 0.154. The Hall–Kier alpha value is -4.11. The Morgan fingerprint density at radius 1 is 0.886 bits per heavy atom. The molecule has 1 aromatic heterocycles. The number of nitrogens with one attached hydrogen (secondary N) is 2. The van der Waals surface area contributed by atoms with Gasteiger partial charge < -0.3 is 4.74 Å². The minimum Gasteiger partial charge on any atom is -0.486 e. The van der Waals surface area contributed by atoms with Crippen molar-refractivity contribution in [3.8, 4) is 11.4 Å². The number of para-hydroxylation sites is 1. The predicted octanol–water partition coefficient (Wildman–Crippen LogP) is 4.02. The molecule has 0 spiro atoms. The molecule has 0 fully saturated rings. The van der Waals surface area contributed by atoms with Gasteiger partial charge in [0, 0.05) is 11.3 Å². The summed E-state index contributed by atoms with van der Waals surface area (Å²) in [5.41, 5.74) is 8.35. The van der Waals surface area contributed by atoms with Crippen LogP contribution in [0.25, 0.3) is 5.69 Å². The maximum absolute atomic E-state index is 12.4. The number of nitrogens with zero attached hydrogens (tertiary/aromatic N) is 3. The van der Waals surface area contributed by atoms with Gasteiger partial charge in [-0.2, -0.15) is 0 Å². The molecule has 35 heavy (non-hydrogen) atoms. The van der Waals surface area contributed by atoms with Gasteiger partial charge in [-0.25, -0.2) is 0 Å². The topological polar surface area (TPSA) is 98.1 Å². The van der Waals surface area contributed by atoms with Crippen molar-refractivity contribution in [1.82, 2.24) is 25.6 Å². The Balaban J connectivity index is 1.40. The molecule has 3 aromatic carbocycles. The minimum absolute atomic E-state index is 0.0396. The number of carbonyl (C=O) groups excluding carboxylic acids is 2. The molecule has 1 heterocycles. The lowest BCUT2D eigenvalue weighted by atomic mass is 10.1. The number of ether oxygens (including phenoxy) is 1. The highest BCUT2D eigenvalue weighted by Gasteiger charge is 2.17. The number of aromatic nitrogens is 3. The van der Waals surface area contributed by atoms with Gasteiger partial charge in [0.2, 0.25) is 5.91 Å². The van der Waals surface area contributed by atoms with Gasteiger partial charge in [-0.1, -0.05) is 59.8 Å². The lowest BCUT2D eigenvalue weighted by Crippen LogP contribution is -2.42. The van der Waals surface area contributed by atoms with E-state index < -0.39 is 0 Å². The second-order valence-electron chi connectivity index (χ2n) is 7.83. The lowest BCUT2D eigenvalue weighted by Gasteiger charge is -2.11. The maximum atomic E-state index is 12.4. The molecule has 178 valence electrons. The van der Waals surface area contributed by atoms with E-state index in [-0.39, 0.29) is 24.2 Å². The van der Waals surface area contributed by atoms with E-state index in [1.807, 2.05) is 85.1 Å². The number of benzene rings is 3. The zero-order valence-corrected chi connectivity index (χ0v) is 20.2. The molecule has 9 heteroatoms. The molecule has 0 aliphatic heterocycles. The van der Waals surface area contributed by atoms with E-state index in [2.05, 4.69) is 21.0 Å². The fourth-order valence-corrected chi connectivity index (χ4v) is 4.02. The van der Waals surface area contributed by atoms with Crippen molar-refractivity contribution in [2.45, 2.75) is 25.6 Å². The molecular weight excluding hydrogens is 462 g/mol. The van der Waals surface area contributed by atoms with E-state index in [4.69, 9.17) is 4.74 Å². The molecule has 0 atom stereocenters. The lowest BCUT2D eigenvalue weighted by molar-refractivity contribution is -0.119. The van der Waals surface area contributed by atoms with Crippen LogP contribution in [0.4, 0.5) is 0 Å². The summed E-state index contributed by atoms with van der Waals surface area (Å²) in [5.74, 6) is 0.638. The quantitative estimate of drug-likeness (QED) is 0.288. The molecule has 0 radical (unpaired) electrons. The van der Waals surface area contributed by atoms with Crippen LogP contribution >= 0.6 is 11.8 Å². The molecule has 0 saturated heterocycles. The predicted molar refractivity (Wildman–Crippen MR) is 134 cm³/mol. The summed E-state index contributed by atoms with van der Waals surface area (Å²) in [4.78, 5) is 24.6. The van der Waals surface area contributed by atoms with Gasteiger partial charge in [-0.05, 0) is 55.8 Å². The highest BCUT2D eigenvalue weighted by Crippen LogP contribution is 2.23. The van der Waals surface area contributed by atoms with Crippen molar-refractivity contribution >= 4 is 23.6 Å². The molecule has 0 unspecified atom stereocenters. The van der Waals surface area contributed by atoms with Crippen molar-refractivity contribution in [3.05, 3.63) is 101 Å². The molecule has 2 N–H and O–H groups in total. The zero-order chi connectivity index (χ0) is 24.6. The SMILES string of the molecule is Cc1ccc(C(=O)NNC(=O)CSc2nnc(COc3cccc(C)c3)n2-c2ccccc2)cc1. The summed E-state index contributed by atoms with van der Waals surface area (Å²) in [6, 6.07) is 24.5. The van der Waals surface area contributed by atoms with Gasteiger partial charge in [-0.3, -0.25) is 25.0 Å². The number of amides is 2. The van der Waals surface area contributed by atoms with Crippen LogP contribution in [0.5, 0.6) is 5.75 Å². The second kappa shape index (κ2) is 11.3. The van der Waals surface area contributed by atoms with Crippen LogP contribution in [0.15, 0.2) is 84.0 Å². The Morgan fingerprint density at radius 3 is 2.40 bits per heavy atom. The van der Waals surface area contributed by atoms with Crippen molar-refractivity contribution in [2.24, 2.45) is 0 Å². The van der Waals surface area contributed by atoms with Crippen LogP contribution in [-0.2, 0) is 11.4 Å². The highest BCUT2D eigenvalue weighted by atomic mass is 32.2. The van der Waals surface area contributed by atoms with E-state index >= 15 is 0 Å². The van der Waals surface area contributed by atoms with E-state index in [0.717, 1.165) is 22.6 Å². The minimum atomic E-state index is -0.383. The van der Waals surface area contributed by atoms with Crippen LogP contribution < -0.4 is 15.6 Å². The second-order valence-corrected chi connectivity index (χ2v) is 8.77. The van der Waals surface area contributed by atoms with Crippen molar-refractivity contribution < 1.29 is 14.3 Å². The van der Waals surface area contributed by atoms with E-state index in [1.165, 1.54) is 11.8 Å². The number of hydrogen-bond acceptors (Lipinski definition) is 6. The van der Waals surface area contributed by atoms with Crippen LogP contribution in [0.2, 0.25) is 0 Å². The molecule has 0 aliphatic carbocycles. The van der Waals surface area contributed by atoms with Gasteiger partial charge in [0.25, 0.3) is 5.91 Å². The monoisotopic (exact) mass is 487 g/mol. The summed E-state index contributed by atoms with van der Waals surface area (Å²) >= 11 is 1.21. The van der Waals surface area contributed by atoms with Gasteiger partial charge in [0.1, 0.15) is 12.4 Å². The molecule has 2 amide bonds. The normalized spacial score (nSPS) is 10.6. The van der Waals surface area contributed by atoms with Gasteiger partial charge >= 0.3 is 0 Å².